The Balaban J connectivity index is 1.39. The largest absolute Gasteiger partial charge is 0.459 e. The minimum atomic E-state index is -1.81. The van der Waals surface area contributed by atoms with Crippen molar-refractivity contribution < 1.29 is 19.2 Å². The molecule has 2 aromatic carbocycles. The van der Waals surface area contributed by atoms with Crippen molar-refractivity contribution in [2.45, 2.75) is 32.0 Å². The molecule has 4 aromatic rings. The van der Waals surface area contributed by atoms with Gasteiger partial charge in [-0.15, -0.1) is 11.3 Å². The van der Waals surface area contributed by atoms with Gasteiger partial charge in [0.05, 0.1) is 11.4 Å². The lowest BCUT2D eigenvalue weighted by molar-refractivity contribution is -0.702. The van der Waals surface area contributed by atoms with Crippen LogP contribution in [0.2, 0.25) is 0 Å². The van der Waals surface area contributed by atoms with E-state index in [1.165, 1.54) is 16.9 Å². The molecule has 32 heavy (non-hydrogen) atoms. The number of thiophene rings is 1. The second-order valence-corrected chi connectivity index (χ2v) is 8.61. The first-order valence-corrected chi connectivity index (χ1v) is 11.5. The van der Waals surface area contributed by atoms with Crippen LogP contribution in [0.25, 0.3) is 0 Å². The van der Waals surface area contributed by atoms with Crippen LogP contribution in [0.4, 0.5) is 0 Å². The molecule has 1 N–H and O–H groups in total. The predicted octanol–water partition coefficient (Wildman–Crippen LogP) is 3.87. The van der Waals surface area contributed by atoms with Crippen LogP contribution in [0.5, 0.6) is 0 Å². The van der Waals surface area contributed by atoms with Gasteiger partial charge in [-0.2, -0.15) is 0 Å². The highest BCUT2D eigenvalue weighted by Gasteiger charge is 2.42. The number of ether oxygens (including phenoxy) is 1. The summed E-state index contributed by atoms with van der Waals surface area (Å²) in [6, 6.07) is 22.9. The van der Waals surface area contributed by atoms with Crippen LogP contribution in [0, 0.1) is 6.92 Å². The van der Waals surface area contributed by atoms with E-state index in [4.69, 9.17) is 4.74 Å². The van der Waals surface area contributed by atoms with Crippen molar-refractivity contribution >= 4 is 17.3 Å². The summed E-state index contributed by atoms with van der Waals surface area (Å²) in [5.74, 6) is 0.432. The predicted molar refractivity (Wildman–Crippen MR) is 124 cm³/mol. The van der Waals surface area contributed by atoms with Gasteiger partial charge in [-0.05, 0) is 17.0 Å². The van der Waals surface area contributed by atoms with Gasteiger partial charge in [0.2, 0.25) is 5.60 Å². The van der Waals surface area contributed by atoms with E-state index in [0.29, 0.717) is 17.0 Å². The van der Waals surface area contributed by atoms with E-state index < -0.39 is 11.6 Å². The molecule has 0 bridgehead atoms. The van der Waals surface area contributed by atoms with Crippen molar-refractivity contribution in [3.63, 3.8) is 0 Å². The monoisotopic (exact) mass is 447 g/mol. The molecule has 0 amide bonds. The highest BCUT2D eigenvalue weighted by molar-refractivity contribution is 7.10. The fraction of sp³-hybridized carbons (Fsp3) is 0.231. The van der Waals surface area contributed by atoms with Gasteiger partial charge in [-0.3, -0.25) is 0 Å². The molecule has 5 nitrogen and oxygen atoms in total. The maximum Gasteiger partial charge on any atom is 0.348 e. The SMILES string of the molecule is Cc1n(CCOC(=O)C(O)(c2ccccc2)c2cccs2)cc[n+]1CCc1ccccc1. The van der Waals surface area contributed by atoms with Gasteiger partial charge in [0.25, 0.3) is 5.82 Å². The van der Waals surface area contributed by atoms with Gasteiger partial charge in [0.15, 0.2) is 0 Å². The standard InChI is InChI=1S/C26H27N2O3S/c1-21-27(15-14-22-9-4-2-5-10-22)16-17-28(21)18-19-31-25(29)26(30,24-13-8-20-32-24)23-11-6-3-7-12-23/h2-13,16-17,20,30H,14-15,18-19H2,1H3/q+1. The molecular weight excluding hydrogens is 420 g/mol. The first-order chi connectivity index (χ1) is 15.6. The van der Waals surface area contributed by atoms with Crippen LogP contribution in [0.1, 0.15) is 21.8 Å². The average molecular weight is 448 g/mol. The molecular formula is C26H27N2O3S+. The summed E-state index contributed by atoms with van der Waals surface area (Å²) in [4.78, 5) is 13.6. The molecule has 164 valence electrons. The van der Waals surface area contributed by atoms with E-state index in [1.807, 2.05) is 36.0 Å². The number of hydrogen-bond acceptors (Lipinski definition) is 4. The second kappa shape index (κ2) is 9.94. The molecule has 0 saturated carbocycles. The van der Waals surface area contributed by atoms with Crippen LogP contribution in [-0.4, -0.2) is 22.2 Å². The third-order valence-corrected chi connectivity index (χ3v) is 6.65. The lowest BCUT2D eigenvalue weighted by Gasteiger charge is -2.25. The molecule has 0 aliphatic carbocycles. The number of imidazole rings is 1. The van der Waals surface area contributed by atoms with E-state index in [2.05, 4.69) is 40.3 Å². The fourth-order valence-electron chi connectivity index (χ4n) is 3.77. The summed E-state index contributed by atoms with van der Waals surface area (Å²) in [6.45, 7) is 3.63. The lowest BCUT2D eigenvalue weighted by atomic mass is 9.92. The third-order valence-electron chi connectivity index (χ3n) is 5.67. The van der Waals surface area contributed by atoms with E-state index in [1.54, 1.807) is 30.3 Å². The molecule has 0 aliphatic heterocycles. The first-order valence-electron chi connectivity index (χ1n) is 10.7. The summed E-state index contributed by atoms with van der Waals surface area (Å²) in [5, 5.41) is 13.2. The molecule has 6 heteroatoms. The van der Waals surface area contributed by atoms with Gasteiger partial charge >= 0.3 is 5.97 Å². The number of rotatable bonds is 9. The zero-order chi connectivity index (χ0) is 22.4. The summed E-state index contributed by atoms with van der Waals surface area (Å²) in [5.41, 5.74) is -0.00488. The van der Waals surface area contributed by atoms with E-state index in [0.717, 1.165) is 18.8 Å². The van der Waals surface area contributed by atoms with E-state index >= 15 is 0 Å². The minimum Gasteiger partial charge on any atom is -0.459 e. The number of hydrogen-bond donors (Lipinski definition) is 1. The van der Waals surface area contributed by atoms with Crippen molar-refractivity contribution in [2.75, 3.05) is 6.61 Å². The Morgan fingerprint density at radius 3 is 2.47 bits per heavy atom. The third kappa shape index (κ3) is 4.66. The molecule has 0 spiro atoms. The Bertz CT molecular complexity index is 1140. The summed E-state index contributed by atoms with van der Waals surface area (Å²) >= 11 is 1.33. The first kappa shape index (κ1) is 22.0. The Morgan fingerprint density at radius 1 is 1.06 bits per heavy atom. The maximum absolute atomic E-state index is 13.0. The van der Waals surface area contributed by atoms with E-state index in [-0.39, 0.29) is 6.61 Å². The number of esters is 1. The average Bonchev–Trinajstić information content (AvgIpc) is 3.49. The van der Waals surface area contributed by atoms with Gasteiger partial charge in [-0.1, -0.05) is 66.7 Å². The Kier molecular flexibility index (Phi) is 6.83. The number of carbonyl (C=O) groups is 1. The Hall–Kier alpha value is -3.22. The highest BCUT2D eigenvalue weighted by atomic mass is 32.1. The molecule has 4 rings (SSSR count). The summed E-state index contributed by atoms with van der Waals surface area (Å²) in [6.07, 6.45) is 5.00. The van der Waals surface area contributed by atoms with Crippen LogP contribution < -0.4 is 4.57 Å². The van der Waals surface area contributed by atoms with Crippen LogP contribution in [0.3, 0.4) is 0 Å². The molecule has 0 saturated heterocycles. The number of aryl methyl sites for hydroxylation is 2. The van der Waals surface area contributed by atoms with Gasteiger partial charge in [-0.25, -0.2) is 13.9 Å². The number of benzene rings is 2. The number of aromatic nitrogens is 2. The van der Waals surface area contributed by atoms with Crippen molar-refractivity contribution in [1.82, 2.24) is 4.57 Å². The van der Waals surface area contributed by atoms with Crippen LogP contribution in [0.15, 0.2) is 90.6 Å². The quantitative estimate of drug-likeness (QED) is 0.313. The molecule has 2 heterocycles. The Labute approximate surface area is 192 Å². The van der Waals surface area contributed by atoms with E-state index in [9.17, 15) is 9.90 Å². The van der Waals surface area contributed by atoms with Gasteiger partial charge in [0, 0.05) is 18.9 Å². The van der Waals surface area contributed by atoms with Crippen molar-refractivity contribution in [1.29, 1.82) is 0 Å². The summed E-state index contributed by atoms with van der Waals surface area (Å²) in [7, 11) is 0. The zero-order valence-corrected chi connectivity index (χ0v) is 18.9. The highest BCUT2D eigenvalue weighted by Crippen LogP contribution is 2.34. The minimum absolute atomic E-state index is 0.174. The summed E-state index contributed by atoms with van der Waals surface area (Å²) < 4.78 is 9.83. The smallest absolute Gasteiger partial charge is 0.348 e. The number of nitrogens with zero attached hydrogens (tertiary/aromatic N) is 2. The molecule has 0 fully saturated rings. The lowest BCUT2D eigenvalue weighted by Crippen LogP contribution is -2.38. The topological polar surface area (TPSA) is 55.3 Å². The van der Waals surface area contributed by atoms with Crippen molar-refractivity contribution in [3.8, 4) is 0 Å². The maximum atomic E-state index is 13.0. The van der Waals surface area contributed by atoms with Crippen LogP contribution in [-0.2, 0) is 34.6 Å². The molecule has 0 aliphatic rings. The normalized spacial score (nSPS) is 12.9. The van der Waals surface area contributed by atoms with Crippen molar-refractivity contribution in [3.05, 3.63) is 112 Å². The van der Waals surface area contributed by atoms with Gasteiger partial charge in [0.1, 0.15) is 25.5 Å². The second-order valence-electron chi connectivity index (χ2n) is 7.66. The molecule has 1 atom stereocenters. The molecule has 2 aromatic heterocycles. The molecule has 0 radical (unpaired) electrons. The molecule has 1 unspecified atom stereocenters. The van der Waals surface area contributed by atoms with Crippen LogP contribution >= 0.6 is 11.3 Å². The zero-order valence-electron chi connectivity index (χ0n) is 18.1. The fourth-order valence-corrected chi connectivity index (χ4v) is 4.61. The number of carbonyl (C=O) groups excluding carboxylic acids is 1. The Morgan fingerprint density at radius 2 is 1.78 bits per heavy atom. The van der Waals surface area contributed by atoms with Crippen molar-refractivity contribution in [2.24, 2.45) is 0 Å². The van der Waals surface area contributed by atoms with Gasteiger partial charge < -0.3 is 9.84 Å². The number of aliphatic hydroxyl groups is 1.